The number of nitrogens with one attached hydrogen (secondary N) is 1. The van der Waals surface area contributed by atoms with E-state index in [-0.39, 0.29) is 12.5 Å². The standard InChI is InChI=1S/C22H25N3O4/c1-13-10-14(2)15(3)19(11-13)28-16(4)22(26)23-12-20-24-21(25-29-20)17-6-8-18(27-5)9-7-17/h6-11,16H,12H2,1-5H3,(H,23,26)/t16-/m0/s1. The molecule has 7 heteroatoms. The Labute approximate surface area is 170 Å². The van der Waals surface area contributed by atoms with Gasteiger partial charge in [-0.15, -0.1) is 0 Å². The zero-order chi connectivity index (χ0) is 21.0. The lowest BCUT2D eigenvalue weighted by Crippen LogP contribution is -2.36. The van der Waals surface area contributed by atoms with Gasteiger partial charge in [0.05, 0.1) is 13.7 Å². The highest BCUT2D eigenvalue weighted by Crippen LogP contribution is 2.24. The minimum atomic E-state index is -0.654. The molecule has 0 radical (unpaired) electrons. The lowest BCUT2D eigenvalue weighted by atomic mass is 10.1. The summed E-state index contributed by atoms with van der Waals surface area (Å²) in [4.78, 5) is 16.7. The number of carbonyl (C=O) groups excluding carboxylic acids is 1. The van der Waals surface area contributed by atoms with Gasteiger partial charge in [0.15, 0.2) is 6.10 Å². The number of aryl methyl sites for hydroxylation is 2. The molecular weight excluding hydrogens is 370 g/mol. The van der Waals surface area contributed by atoms with Crippen molar-refractivity contribution in [2.75, 3.05) is 7.11 Å². The van der Waals surface area contributed by atoms with Crippen molar-refractivity contribution in [2.45, 2.75) is 40.3 Å². The lowest BCUT2D eigenvalue weighted by molar-refractivity contribution is -0.127. The SMILES string of the molecule is COc1ccc(-c2noc(CNC(=O)[C@H](C)Oc3cc(C)cc(C)c3C)n2)cc1. The minimum Gasteiger partial charge on any atom is -0.497 e. The summed E-state index contributed by atoms with van der Waals surface area (Å²) in [5.41, 5.74) is 4.04. The maximum atomic E-state index is 12.4. The second-order valence-electron chi connectivity index (χ2n) is 6.92. The molecule has 152 valence electrons. The Morgan fingerprint density at radius 1 is 1.17 bits per heavy atom. The van der Waals surface area contributed by atoms with Crippen molar-refractivity contribution < 1.29 is 18.8 Å². The van der Waals surface area contributed by atoms with Crippen molar-refractivity contribution in [3.63, 3.8) is 0 Å². The maximum Gasteiger partial charge on any atom is 0.261 e. The van der Waals surface area contributed by atoms with Crippen LogP contribution in [0.3, 0.4) is 0 Å². The topological polar surface area (TPSA) is 86.5 Å². The molecule has 1 atom stereocenters. The zero-order valence-corrected chi connectivity index (χ0v) is 17.3. The highest BCUT2D eigenvalue weighted by molar-refractivity contribution is 5.80. The molecule has 0 bridgehead atoms. The molecule has 2 aromatic carbocycles. The third-order valence-corrected chi connectivity index (χ3v) is 4.67. The van der Waals surface area contributed by atoms with Gasteiger partial charge in [0.25, 0.3) is 5.91 Å². The predicted octanol–water partition coefficient (Wildman–Crippen LogP) is 3.75. The Balaban J connectivity index is 1.58. The lowest BCUT2D eigenvalue weighted by Gasteiger charge is -2.17. The van der Waals surface area contributed by atoms with Crippen LogP contribution in [-0.4, -0.2) is 29.3 Å². The average molecular weight is 395 g/mol. The van der Waals surface area contributed by atoms with Gasteiger partial charge in [-0.2, -0.15) is 4.98 Å². The molecule has 0 aliphatic rings. The van der Waals surface area contributed by atoms with E-state index in [0.29, 0.717) is 17.5 Å². The minimum absolute atomic E-state index is 0.127. The second kappa shape index (κ2) is 8.77. The van der Waals surface area contributed by atoms with Crippen molar-refractivity contribution in [1.29, 1.82) is 0 Å². The van der Waals surface area contributed by atoms with Crippen LogP contribution in [0.2, 0.25) is 0 Å². The summed E-state index contributed by atoms with van der Waals surface area (Å²) >= 11 is 0. The fraction of sp³-hybridized carbons (Fsp3) is 0.318. The van der Waals surface area contributed by atoms with Crippen molar-refractivity contribution in [2.24, 2.45) is 0 Å². The van der Waals surface area contributed by atoms with Gasteiger partial charge in [0, 0.05) is 5.56 Å². The summed E-state index contributed by atoms with van der Waals surface area (Å²) in [6.07, 6.45) is -0.654. The van der Waals surface area contributed by atoms with Gasteiger partial charge in [0.1, 0.15) is 11.5 Å². The number of benzene rings is 2. The molecule has 3 aromatic rings. The third kappa shape index (κ3) is 4.93. The van der Waals surface area contributed by atoms with Crippen LogP contribution in [0.5, 0.6) is 11.5 Å². The molecule has 0 unspecified atom stereocenters. The summed E-state index contributed by atoms with van der Waals surface area (Å²) in [5.74, 6) is 1.97. The van der Waals surface area contributed by atoms with Gasteiger partial charge in [-0.05, 0) is 74.7 Å². The van der Waals surface area contributed by atoms with E-state index in [0.717, 1.165) is 28.0 Å². The van der Waals surface area contributed by atoms with E-state index in [9.17, 15) is 4.79 Å². The molecular formula is C22H25N3O4. The van der Waals surface area contributed by atoms with Crippen LogP contribution in [0.1, 0.15) is 29.5 Å². The number of methoxy groups -OCH3 is 1. The Kier molecular flexibility index (Phi) is 6.16. The molecule has 1 N–H and O–H groups in total. The van der Waals surface area contributed by atoms with Gasteiger partial charge in [-0.3, -0.25) is 4.79 Å². The van der Waals surface area contributed by atoms with Crippen molar-refractivity contribution >= 4 is 5.91 Å². The van der Waals surface area contributed by atoms with Gasteiger partial charge in [0.2, 0.25) is 11.7 Å². The number of hydrogen-bond donors (Lipinski definition) is 1. The van der Waals surface area contributed by atoms with Crippen LogP contribution in [0.4, 0.5) is 0 Å². The van der Waals surface area contributed by atoms with E-state index >= 15 is 0 Å². The first-order valence-corrected chi connectivity index (χ1v) is 9.36. The number of nitrogens with zero attached hydrogens (tertiary/aromatic N) is 2. The highest BCUT2D eigenvalue weighted by atomic mass is 16.5. The van der Waals surface area contributed by atoms with Crippen LogP contribution < -0.4 is 14.8 Å². The average Bonchev–Trinajstić information content (AvgIpc) is 3.19. The summed E-state index contributed by atoms with van der Waals surface area (Å²) in [7, 11) is 1.61. The Bertz CT molecular complexity index is 996. The van der Waals surface area contributed by atoms with Crippen molar-refractivity contribution in [1.82, 2.24) is 15.5 Å². The summed E-state index contributed by atoms with van der Waals surface area (Å²) in [6, 6.07) is 11.3. The quantitative estimate of drug-likeness (QED) is 0.656. The van der Waals surface area contributed by atoms with E-state index in [1.807, 2.05) is 51.1 Å². The smallest absolute Gasteiger partial charge is 0.261 e. The van der Waals surface area contributed by atoms with E-state index < -0.39 is 6.10 Å². The van der Waals surface area contributed by atoms with E-state index in [1.165, 1.54) is 0 Å². The molecule has 1 aromatic heterocycles. The molecule has 0 spiro atoms. The fourth-order valence-electron chi connectivity index (χ4n) is 2.86. The highest BCUT2D eigenvalue weighted by Gasteiger charge is 2.18. The molecule has 0 aliphatic heterocycles. The molecule has 7 nitrogen and oxygen atoms in total. The monoisotopic (exact) mass is 395 g/mol. The maximum absolute atomic E-state index is 12.4. The van der Waals surface area contributed by atoms with Crippen LogP contribution >= 0.6 is 0 Å². The Hall–Kier alpha value is -3.35. The fourth-order valence-corrected chi connectivity index (χ4v) is 2.86. The zero-order valence-electron chi connectivity index (χ0n) is 17.3. The first-order valence-electron chi connectivity index (χ1n) is 9.36. The Morgan fingerprint density at radius 3 is 2.59 bits per heavy atom. The molecule has 0 aliphatic carbocycles. The van der Waals surface area contributed by atoms with Gasteiger partial charge in [-0.25, -0.2) is 0 Å². The van der Waals surface area contributed by atoms with Crippen molar-refractivity contribution in [3.05, 3.63) is 59.0 Å². The van der Waals surface area contributed by atoms with Crippen LogP contribution in [-0.2, 0) is 11.3 Å². The van der Waals surface area contributed by atoms with E-state index in [2.05, 4.69) is 21.5 Å². The normalized spacial score (nSPS) is 11.8. The first kappa shape index (κ1) is 20.4. The molecule has 1 amide bonds. The molecule has 0 fully saturated rings. The number of aromatic nitrogens is 2. The third-order valence-electron chi connectivity index (χ3n) is 4.67. The van der Waals surface area contributed by atoms with Crippen LogP contribution in [0.25, 0.3) is 11.4 Å². The molecule has 0 saturated heterocycles. The number of ether oxygens (including phenoxy) is 2. The molecule has 0 saturated carbocycles. The number of rotatable bonds is 7. The first-order chi connectivity index (χ1) is 13.9. The van der Waals surface area contributed by atoms with E-state index in [1.54, 1.807) is 14.0 Å². The number of carbonyl (C=O) groups is 1. The Morgan fingerprint density at radius 2 is 1.90 bits per heavy atom. The summed E-state index contributed by atoms with van der Waals surface area (Å²) in [5, 5.41) is 6.72. The molecule has 1 heterocycles. The van der Waals surface area contributed by atoms with Crippen LogP contribution in [0, 0.1) is 20.8 Å². The van der Waals surface area contributed by atoms with Gasteiger partial charge in [-0.1, -0.05) is 11.2 Å². The second-order valence-corrected chi connectivity index (χ2v) is 6.92. The number of amides is 1. The van der Waals surface area contributed by atoms with Gasteiger partial charge < -0.3 is 19.3 Å². The summed E-state index contributed by atoms with van der Waals surface area (Å²) in [6.45, 7) is 7.84. The van der Waals surface area contributed by atoms with Crippen LogP contribution in [0.15, 0.2) is 40.9 Å². The summed E-state index contributed by atoms with van der Waals surface area (Å²) < 4.78 is 16.2. The van der Waals surface area contributed by atoms with E-state index in [4.69, 9.17) is 14.0 Å². The largest absolute Gasteiger partial charge is 0.497 e. The van der Waals surface area contributed by atoms with Gasteiger partial charge >= 0.3 is 0 Å². The number of hydrogen-bond acceptors (Lipinski definition) is 6. The molecule has 3 rings (SSSR count). The predicted molar refractivity (Wildman–Crippen MR) is 109 cm³/mol. The van der Waals surface area contributed by atoms with Crippen molar-refractivity contribution in [3.8, 4) is 22.9 Å². The molecule has 29 heavy (non-hydrogen) atoms.